The molecule has 1 aliphatic rings. The first kappa shape index (κ1) is 20.4. The first-order valence-corrected chi connectivity index (χ1v) is 10.7. The van der Waals surface area contributed by atoms with Gasteiger partial charge in [0.1, 0.15) is 5.82 Å². The Labute approximate surface area is 163 Å². The topological polar surface area (TPSA) is 111 Å². The molecule has 2 unspecified atom stereocenters. The van der Waals surface area contributed by atoms with Gasteiger partial charge in [-0.3, -0.25) is 0 Å². The van der Waals surface area contributed by atoms with Crippen LogP contribution < -0.4 is 5.32 Å². The van der Waals surface area contributed by atoms with E-state index in [4.69, 9.17) is 26.0 Å². The summed E-state index contributed by atoms with van der Waals surface area (Å²) in [7, 11) is -2.28. The summed E-state index contributed by atoms with van der Waals surface area (Å²) in [5.41, 5.74) is 0.668. The van der Waals surface area contributed by atoms with E-state index in [2.05, 4.69) is 34.2 Å². The molecule has 0 bridgehead atoms. The average Bonchev–Trinajstić information content (AvgIpc) is 3.16. The molecule has 0 aromatic carbocycles. The second-order valence-corrected chi connectivity index (χ2v) is 7.99. The van der Waals surface area contributed by atoms with Crippen molar-refractivity contribution in [3.05, 3.63) is 11.5 Å². The summed E-state index contributed by atoms with van der Waals surface area (Å²) in [5, 5.41) is 8.70. The Morgan fingerprint density at radius 3 is 3.07 bits per heavy atom. The summed E-state index contributed by atoms with van der Waals surface area (Å²) < 4.78 is 23.8. The van der Waals surface area contributed by atoms with Gasteiger partial charge < -0.3 is 14.8 Å². The molecule has 0 spiro atoms. The van der Waals surface area contributed by atoms with Crippen molar-refractivity contribution in [2.45, 2.75) is 45.4 Å². The predicted octanol–water partition coefficient (Wildman–Crippen LogP) is 2.80. The maximum absolute atomic E-state index is 10.7. The van der Waals surface area contributed by atoms with Crippen LogP contribution in [0.15, 0.2) is 6.20 Å². The molecule has 2 aromatic rings. The quantitative estimate of drug-likeness (QED) is 0.474. The van der Waals surface area contributed by atoms with E-state index < -0.39 is 8.03 Å². The van der Waals surface area contributed by atoms with E-state index in [-0.39, 0.29) is 23.8 Å². The second kappa shape index (κ2) is 9.21. The molecule has 2 aromatic heterocycles. The summed E-state index contributed by atoms with van der Waals surface area (Å²) in [5.74, 6) is 0.985. The minimum absolute atomic E-state index is 0.0506. The first-order valence-electron chi connectivity index (χ1n) is 8.97. The summed E-state index contributed by atoms with van der Waals surface area (Å²) in [6.45, 7) is 5.82. The van der Waals surface area contributed by atoms with Crippen LogP contribution in [0, 0.1) is 5.92 Å². The molecule has 0 amide bonds. The smallest absolute Gasteiger partial charge is 0.370 e. The Kier molecular flexibility index (Phi) is 6.94. The highest BCUT2D eigenvalue weighted by Crippen LogP contribution is 2.29. The fraction of sp³-hybridized carbons (Fsp3) is 0.688. The molecule has 3 rings (SSSR count). The molecule has 1 saturated heterocycles. The van der Waals surface area contributed by atoms with Crippen molar-refractivity contribution in [2.75, 3.05) is 24.8 Å². The van der Waals surface area contributed by atoms with Gasteiger partial charge in [0, 0.05) is 6.54 Å². The predicted molar refractivity (Wildman–Crippen MR) is 102 cm³/mol. The highest BCUT2D eigenvalue weighted by molar-refractivity contribution is 7.37. The van der Waals surface area contributed by atoms with E-state index in [0.717, 1.165) is 24.8 Å². The van der Waals surface area contributed by atoms with Crippen LogP contribution in [0.3, 0.4) is 0 Å². The van der Waals surface area contributed by atoms with Gasteiger partial charge in [-0.25, -0.2) is 4.68 Å². The van der Waals surface area contributed by atoms with Gasteiger partial charge in [-0.2, -0.15) is 20.0 Å². The molecule has 9 nitrogen and oxygen atoms in total. The van der Waals surface area contributed by atoms with Crippen LogP contribution in [0.5, 0.6) is 0 Å². The third kappa shape index (κ3) is 5.12. The molecule has 148 valence electrons. The van der Waals surface area contributed by atoms with E-state index in [0.29, 0.717) is 30.5 Å². The van der Waals surface area contributed by atoms with Crippen LogP contribution in [-0.4, -0.2) is 56.3 Å². The lowest BCUT2D eigenvalue weighted by Gasteiger charge is -2.16. The Hall–Kier alpha value is -1.38. The summed E-state index contributed by atoms with van der Waals surface area (Å²) >= 11 is 6.09. The molecular formula is C16H24ClN5O4P+. The van der Waals surface area contributed by atoms with Gasteiger partial charge in [0.25, 0.3) is 6.35 Å². The van der Waals surface area contributed by atoms with Gasteiger partial charge in [0.15, 0.2) is 5.65 Å². The molecule has 0 radical (unpaired) electrons. The highest BCUT2D eigenvalue weighted by Gasteiger charge is 2.33. The molecule has 0 aliphatic carbocycles. The summed E-state index contributed by atoms with van der Waals surface area (Å²) in [4.78, 5) is 17.4. The number of ether oxygens (including phenoxy) is 2. The van der Waals surface area contributed by atoms with Crippen molar-refractivity contribution < 1.29 is 18.9 Å². The number of aromatic nitrogens is 4. The molecule has 2 N–H and O–H groups in total. The maximum atomic E-state index is 10.7. The van der Waals surface area contributed by atoms with Gasteiger partial charge in [0.2, 0.25) is 5.28 Å². The van der Waals surface area contributed by atoms with Gasteiger partial charge in [-0.1, -0.05) is 13.8 Å². The van der Waals surface area contributed by atoms with Crippen molar-refractivity contribution in [1.29, 1.82) is 0 Å². The number of hydrogen-bond donors (Lipinski definition) is 2. The zero-order chi connectivity index (χ0) is 19.4. The van der Waals surface area contributed by atoms with Crippen molar-refractivity contribution in [1.82, 2.24) is 19.7 Å². The van der Waals surface area contributed by atoms with E-state index in [1.165, 1.54) is 0 Å². The molecule has 1 fully saturated rings. The lowest BCUT2D eigenvalue weighted by molar-refractivity contribution is -0.0167. The minimum Gasteiger partial charge on any atom is -0.370 e. The van der Waals surface area contributed by atoms with Crippen molar-refractivity contribution in [3.63, 3.8) is 0 Å². The van der Waals surface area contributed by atoms with E-state index in [9.17, 15) is 4.57 Å². The number of anilines is 1. The lowest BCUT2D eigenvalue weighted by Crippen LogP contribution is -2.23. The number of hydrogen-bond acceptors (Lipinski definition) is 7. The van der Waals surface area contributed by atoms with Crippen LogP contribution in [0.1, 0.15) is 26.7 Å². The minimum atomic E-state index is -2.28. The third-order valence-electron chi connectivity index (χ3n) is 4.51. The highest BCUT2D eigenvalue weighted by atomic mass is 35.5. The van der Waals surface area contributed by atoms with Crippen LogP contribution in [-0.2, 0) is 20.6 Å². The van der Waals surface area contributed by atoms with Crippen LogP contribution >= 0.6 is 19.6 Å². The third-order valence-corrected chi connectivity index (χ3v) is 5.08. The lowest BCUT2D eigenvalue weighted by atomic mass is 10.0. The average molecular weight is 417 g/mol. The normalized spacial score (nSPS) is 23.1. The monoisotopic (exact) mass is 416 g/mol. The Morgan fingerprint density at radius 2 is 2.33 bits per heavy atom. The summed E-state index contributed by atoms with van der Waals surface area (Å²) in [6, 6.07) is 0. The number of fused-ring (bicyclic) bond motifs is 1. The fourth-order valence-electron chi connectivity index (χ4n) is 3.21. The number of nitrogens with zero attached hydrogens (tertiary/aromatic N) is 4. The molecule has 27 heavy (non-hydrogen) atoms. The van der Waals surface area contributed by atoms with Gasteiger partial charge in [-0.05, 0) is 34.9 Å². The van der Waals surface area contributed by atoms with Crippen LogP contribution in [0.25, 0.3) is 11.0 Å². The molecule has 4 atom stereocenters. The van der Waals surface area contributed by atoms with Crippen LogP contribution in [0.4, 0.5) is 5.82 Å². The summed E-state index contributed by atoms with van der Waals surface area (Å²) in [6.07, 6.45) is 3.22. The van der Waals surface area contributed by atoms with Gasteiger partial charge >= 0.3 is 8.03 Å². The first-order chi connectivity index (χ1) is 13.0. The molecule has 3 heterocycles. The zero-order valence-electron chi connectivity index (χ0n) is 15.3. The maximum Gasteiger partial charge on any atom is 0.534 e. The number of rotatable bonds is 9. The second-order valence-electron chi connectivity index (χ2n) is 6.69. The largest absolute Gasteiger partial charge is 0.534 e. The van der Waals surface area contributed by atoms with Crippen molar-refractivity contribution >= 4 is 36.5 Å². The standard InChI is InChI=1S/C16H23ClN5O4P/c1-3-4-18-14-12-6-19-22(15(12)21-16(17)20-14)7-13-10(2)5-11(26-13)8-25-9-27(23)24/h6,10-11,13H,3-5,7-9H2,1-2H3,(H-,18,20,21,23,24)/p+1/t10?,11-,13+/m0/s1. The zero-order valence-corrected chi connectivity index (χ0v) is 17.0. The van der Waals surface area contributed by atoms with E-state index in [1.807, 2.05) is 0 Å². The van der Waals surface area contributed by atoms with E-state index in [1.54, 1.807) is 10.9 Å². The Morgan fingerprint density at radius 1 is 1.52 bits per heavy atom. The number of halogens is 1. The van der Waals surface area contributed by atoms with Gasteiger partial charge in [0.05, 0.1) is 36.9 Å². The molecule has 1 aliphatic heterocycles. The molecule has 0 saturated carbocycles. The van der Waals surface area contributed by atoms with Gasteiger partial charge in [-0.15, -0.1) is 0 Å². The number of nitrogens with one attached hydrogen (secondary N) is 1. The molecule has 11 heteroatoms. The van der Waals surface area contributed by atoms with E-state index >= 15 is 0 Å². The van der Waals surface area contributed by atoms with Crippen LogP contribution in [0.2, 0.25) is 5.28 Å². The Bertz CT molecular complexity index is 804. The fourth-order valence-corrected chi connectivity index (χ4v) is 3.63. The van der Waals surface area contributed by atoms with Crippen molar-refractivity contribution in [3.8, 4) is 0 Å². The molecular weight excluding hydrogens is 393 g/mol. The Balaban J connectivity index is 1.69. The van der Waals surface area contributed by atoms with Crippen molar-refractivity contribution in [2.24, 2.45) is 5.92 Å². The SMILES string of the molecule is CCCNc1nc(Cl)nc2c1cnn2C[C@H]1O[C@H](COC[P+](=O)O)CC1C.